The number of carbonyl (C=O) groups is 1. The molecule has 1 N–H and O–H groups in total. The van der Waals surface area contributed by atoms with Crippen LogP contribution in [0.25, 0.3) is 0 Å². The molecule has 1 aliphatic heterocycles. The second kappa shape index (κ2) is 7.14. The summed E-state index contributed by atoms with van der Waals surface area (Å²) in [6.45, 7) is 8.51. The zero-order chi connectivity index (χ0) is 17.1. The number of piperazine rings is 1. The number of hydrogen-bond donors (Lipinski definition) is 1. The average Bonchev–Trinajstić information content (AvgIpc) is 3.23. The molecule has 0 spiro atoms. The van der Waals surface area contributed by atoms with Gasteiger partial charge in [-0.05, 0) is 26.0 Å². The van der Waals surface area contributed by atoms with E-state index in [2.05, 4.69) is 36.6 Å². The van der Waals surface area contributed by atoms with E-state index in [-0.39, 0.29) is 11.8 Å². The fourth-order valence-electron chi connectivity index (χ4n) is 2.94. The van der Waals surface area contributed by atoms with Crippen molar-refractivity contribution in [2.24, 2.45) is 0 Å². The van der Waals surface area contributed by atoms with E-state index < -0.39 is 5.97 Å². The van der Waals surface area contributed by atoms with E-state index in [1.807, 2.05) is 13.0 Å². The smallest absolute Gasteiger partial charge is 0.373 e. The van der Waals surface area contributed by atoms with Gasteiger partial charge in [-0.1, -0.05) is 0 Å². The molecule has 3 heterocycles. The van der Waals surface area contributed by atoms with E-state index >= 15 is 0 Å². The Labute approximate surface area is 140 Å². The SMILES string of the molecule is COC(=O)c1ccc(C(C)N2CCN(Cc3n[nH]c(C)n3)CC2)o1. The number of H-pyrrole nitrogens is 1. The summed E-state index contributed by atoms with van der Waals surface area (Å²) < 4.78 is 10.3. The maximum absolute atomic E-state index is 11.5. The van der Waals surface area contributed by atoms with Crippen molar-refractivity contribution in [3.8, 4) is 0 Å². The molecule has 2 aromatic rings. The zero-order valence-corrected chi connectivity index (χ0v) is 14.3. The summed E-state index contributed by atoms with van der Waals surface area (Å²) in [5.74, 6) is 2.27. The summed E-state index contributed by atoms with van der Waals surface area (Å²) >= 11 is 0. The molecule has 1 fully saturated rings. The van der Waals surface area contributed by atoms with E-state index in [4.69, 9.17) is 4.42 Å². The monoisotopic (exact) mass is 333 g/mol. The average molecular weight is 333 g/mol. The molecule has 2 aromatic heterocycles. The molecular weight excluding hydrogens is 310 g/mol. The van der Waals surface area contributed by atoms with Crippen LogP contribution in [0.15, 0.2) is 16.5 Å². The van der Waals surface area contributed by atoms with Gasteiger partial charge in [0.2, 0.25) is 5.76 Å². The van der Waals surface area contributed by atoms with Crippen molar-refractivity contribution in [3.05, 3.63) is 35.3 Å². The Morgan fingerprint density at radius 3 is 2.75 bits per heavy atom. The van der Waals surface area contributed by atoms with Crippen LogP contribution in [-0.4, -0.2) is 64.2 Å². The molecule has 0 aromatic carbocycles. The first-order chi connectivity index (χ1) is 11.6. The fourth-order valence-corrected chi connectivity index (χ4v) is 2.94. The van der Waals surface area contributed by atoms with Crippen LogP contribution in [0, 0.1) is 6.92 Å². The first kappa shape index (κ1) is 16.7. The predicted molar refractivity (Wildman–Crippen MR) is 86.4 cm³/mol. The van der Waals surface area contributed by atoms with Crippen LogP contribution in [0.4, 0.5) is 0 Å². The van der Waals surface area contributed by atoms with Crippen LogP contribution in [0.3, 0.4) is 0 Å². The third-order valence-corrected chi connectivity index (χ3v) is 4.39. The van der Waals surface area contributed by atoms with Gasteiger partial charge in [-0.25, -0.2) is 9.78 Å². The minimum Gasteiger partial charge on any atom is -0.463 e. The number of nitrogens with zero attached hydrogens (tertiary/aromatic N) is 4. The third-order valence-electron chi connectivity index (χ3n) is 4.39. The molecule has 1 unspecified atom stereocenters. The molecule has 8 heteroatoms. The predicted octanol–water partition coefficient (Wildman–Crippen LogP) is 1.37. The number of methoxy groups -OCH3 is 1. The van der Waals surface area contributed by atoms with E-state index in [0.29, 0.717) is 0 Å². The summed E-state index contributed by atoms with van der Waals surface area (Å²) in [5, 5.41) is 7.06. The molecule has 24 heavy (non-hydrogen) atoms. The van der Waals surface area contributed by atoms with Crippen molar-refractivity contribution in [1.29, 1.82) is 0 Å². The van der Waals surface area contributed by atoms with Crippen LogP contribution >= 0.6 is 0 Å². The van der Waals surface area contributed by atoms with Crippen LogP contribution in [-0.2, 0) is 11.3 Å². The van der Waals surface area contributed by atoms with Crippen molar-refractivity contribution in [1.82, 2.24) is 25.0 Å². The van der Waals surface area contributed by atoms with Crippen molar-refractivity contribution in [2.75, 3.05) is 33.3 Å². The van der Waals surface area contributed by atoms with Gasteiger partial charge in [-0.2, -0.15) is 5.10 Å². The van der Waals surface area contributed by atoms with Gasteiger partial charge in [0, 0.05) is 26.2 Å². The molecule has 0 aliphatic carbocycles. The van der Waals surface area contributed by atoms with Gasteiger partial charge in [-0.3, -0.25) is 14.9 Å². The third kappa shape index (κ3) is 3.65. The fraction of sp³-hybridized carbons (Fsp3) is 0.562. The molecule has 1 saturated heterocycles. The highest BCUT2D eigenvalue weighted by Crippen LogP contribution is 2.24. The van der Waals surface area contributed by atoms with E-state index in [9.17, 15) is 4.79 Å². The Hall–Kier alpha value is -2.19. The summed E-state index contributed by atoms with van der Waals surface area (Å²) in [4.78, 5) is 20.5. The van der Waals surface area contributed by atoms with Gasteiger partial charge in [-0.15, -0.1) is 0 Å². The quantitative estimate of drug-likeness (QED) is 0.827. The number of aromatic amines is 1. The highest BCUT2D eigenvalue weighted by molar-refractivity contribution is 5.86. The number of aryl methyl sites for hydroxylation is 1. The van der Waals surface area contributed by atoms with Gasteiger partial charge >= 0.3 is 5.97 Å². The van der Waals surface area contributed by atoms with E-state index in [0.717, 1.165) is 50.1 Å². The summed E-state index contributed by atoms with van der Waals surface area (Å²) in [6, 6.07) is 3.63. The van der Waals surface area contributed by atoms with Crippen LogP contribution in [0.2, 0.25) is 0 Å². The van der Waals surface area contributed by atoms with Crippen LogP contribution in [0.1, 0.15) is 40.9 Å². The Kier molecular flexibility index (Phi) is 4.96. The van der Waals surface area contributed by atoms with Gasteiger partial charge in [0.25, 0.3) is 0 Å². The van der Waals surface area contributed by atoms with E-state index in [1.165, 1.54) is 7.11 Å². The molecule has 3 rings (SSSR count). The Morgan fingerprint density at radius 1 is 1.38 bits per heavy atom. The number of esters is 1. The first-order valence-electron chi connectivity index (χ1n) is 8.09. The Bertz CT molecular complexity index is 687. The molecule has 1 aliphatic rings. The number of nitrogens with one attached hydrogen (secondary N) is 1. The summed E-state index contributed by atoms with van der Waals surface area (Å²) in [7, 11) is 1.35. The van der Waals surface area contributed by atoms with Gasteiger partial charge in [0.05, 0.1) is 19.7 Å². The normalized spacial score (nSPS) is 17.8. The van der Waals surface area contributed by atoms with Crippen LogP contribution in [0.5, 0.6) is 0 Å². The number of ether oxygens (including phenoxy) is 1. The second-order valence-corrected chi connectivity index (χ2v) is 6.02. The van der Waals surface area contributed by atoms with Crippen molar-refractivity contribution < 1.29 is 13.9 Å². The number of furan rings is 1. The lowest BCUT2D eigenvalue weighted by Crippen LogP contribution is -2.46. The molecule has 0 amide bonds. The van der Waals surface area contributed by atoms with Crippen molar-refractivity contribution in [2.45, 2.75) is 26.4 Å². The first-order valence-corrected chi connectivity index (χ1v) is 8.09. The minimum absolute atomic E-state index is 0.122. The Balaban J connectivity index is 1.54. The maximum Gasteiger partial charge on any atom is 0.373 e. The molecule has 0 bridgehead atoms. The van der Waals surface area contributed by atoms with Crippen molar-refractivity contribution in [3.63, 3.8) is 0 Å². The van der Waals surface area contributed by atoms with E-state index in [1.54, 1.807) is 6.07 Å². The number of rotatable bonds is 5. The molecule has 130 valence electrons. The lowest BCUT2D eigenvalue weighted by molar-refractivity contribution is 0.0551. The topological polar surface area (TPSA) is 87.5 Å². The van der Waals surface area contributed by atoms with Gasteiger partial charge < -0.3 is 9.15 Å². The lowest BCUT2D eigenvalue weighted by atomic mass is 10.2. The maximum atomic E-state index is 11.5. The summed E-state index contributed by atoms with van der Waals surface area (Å²) in [5.41, 5.74) is 0. The molecule has 0 radical (unpaired) electrons. The molecule has 8 nitrogen and oxygen atoms in total. The van der Waals surface area contributed by atoms with Gasteiger partial charge in [0.15, 0.2) is 5.82 Å². The lowest BCUT2D eigenvalue weighted by Gasteiger charge is -2.36. The van der Waals surface area contributed by atoms with Crippen LogP contribution < -0.4 is 0 Å². The summed E-state index contributed by atoms with van der Waals surface area (Å²) in [6.07, 6.45) is 0. The number of aromatic nitrogens is 3. The van der Waals surface area contributed by atoms with Crippen molar-refractivity contribution >= 4 is 5.97 Å². The molecule has 1 atom stereocenters. The molecular formula is C16H23N5O3. The molecule has 0 saturated carbocycles. The number of carbonyl (C=O) groups excluding carboxylic acids is 1. The highest BCUT2D eigenvalue weighted by Gasteiger charge is 2.25. The number of hydrogen-bond acceptors (Lipinski definition) is 7. The second-order valence-electron chi connectivity index (χ2n) is 6.02. The largest absolute Gasteiger partial charge is 0.463 e. The minimum atomic E-state index is -0.444. The zero-order valence-electron chi connectivity index (χ0n) is 14.3. The standard InChI is InChI=1S/C16H23N5O3/c1-11(13-4-5-14(24-13)16(22)23-3)21-8-6-20(7-9-21)10-15-17-12(2)18-19-15/h4-5,11H,6-10H2,1-3H3,(H,17,18,19). The Morgan fingerprint density at radius 2 is 2.12 bits per heavy atom. The highest BCUT2D eigenvalue weighted by atomic mass is 16.5. The van der Waals surface area contributed by atoms with Gasteiger partial charge in [0.1, 0.15) is 11.6 Å².